The molecule has 0 saturated carbocycles. The van der Waals surface area contributed by atoms with E-state index in [1.165, 1.54) is 11.8 Å². The topological polar surface area (TPSA) is 83.7 Å². The number of carbonyl (C=O) groups is 2. The van der Waals surface area contributed by atoms with Crippen molar-refractivity contribution >= 4 is 40.1 Å². The van der Waals surface area contributed by atoms with Crippen molar-refractivity contribution in [3.63, 3.8) is 0 Å². The normalized spacial score (nSPS) is 16.0. The van der Waals surface area contributed by atoms with Gasteiger partial charge in [0.15, 0.2) is 10.8 Å². The molecule has 1 unspecified atom stereocenters. The summed E-state index contributed by atoms with van der Waals surface area (Å²) in [6.45, 7) is 7.58. The zero-order chi connectivity index (χ0) is 19.8. The predicted molar refractivity (Wildman–Crippen MR) is 107 cm³/mol. The van der Waals surface area contributed by atoms with Crippen LogP contribution in [-0.4, -0.2) is 72.6 Å². The monoisotopic (exact) mass is 398 g/mol. The molecule has 3 heterocycles. The molecule has 4 rings (SSSR count). The number of hydrogen-bond acceptors (Lipinski definition) is 6. The van der Waals surface area contributed by atoms with Crippen LogP contribution < -0.4 is 0 Å². The summed E-state index contributed by atoms with van der Waals surface area (Å²) in [5, 5.41) is 5.74. The van der Waals surface area contributed by atoms with Crippen LogP contribution in [-0.2, 0) is 9.59 Å². The van der Waals surface area contributed by atoms with Gasteiger partial charge in [-0.15, -0.1) is 5.10 Å². The Hall–Kier alpha value is -2.68. The van der Waals surface area contributed by atoms with E-state index in [2.05, 4.69) is 10.1 Å². The van der Waals surface area contributed by atoms with Crippen molar-refractivity contribution in [3.8, 4) is 0 Å². The van der Waals surface area contributed by atoms with Crippen LogP contribution in [0.5, 0.6) is 0 Å². The van der Waals surface area contributed by atoms with Crippen molar-refractivity contribution in [2.24, 2.45) is 0 Å². The zero-order valence-corrected chi connectivity index (χ0v) is 16.9. The first-order valence-corrected chi connectivity index (χ1v) is 10.1. The molecule has 1 fully saturated rings. The molecule has 0 N–H and O–H groups in total. The Labute approximate surface area is 166 Å². The third-order valence-corrected chi connectivity index (χ3v) is 5.95. The lowest BCUT2D eigenvalue weighted by molar-refractivity contribution is -0.137. The summed E-state index contributed by atoms with van der Waals surface area (Å²) >= 11 is 1.39. The number of para-hydroxylation sites is 1. The lowest BCUT2D eigenvalue weighted by atomic mass is 10.2. The van der Waals surface area contributed by atoms with Crippen molar-refractivity contribution in [3.05, 3.63) is 30.1 Å². The molecule has 1 atom stereocenters. The average Bonchev–Trinajstić information content (AvgIpc) is 3.09. The van der Waals surface area contributed by atoms with Crippen LogP contribution in [0.1, 0.15) is 19.7 Å². The Morgan fingerprint density at radius 3 is 2.46 bits per heavy atom. The number of nitrogens with zero attached hydrogens (tertiary/aromatic N) is 6. The van der Waals surface area contributed by atoms with Crippen molar-refractivity contribution < 1.29 is 9.59 Å². The molecule has 1 aromatic carbocycles. The Balaban J connectivity index is 1.57. The van der Waals surface area contributed by atoms with Crippen LogP contribution in [0.15, 0.2) is 29.4 Å². The van der Waals surface area contributed by atoms with Crippen molar-refractivity contribution in [1.29, 1.82) is 0 Å². The highest BCUT2D eigenvalue weighted by atomic mass is 32.2. The van der Waals surface area contributed by atoms with Gasteiger partial charge in [0.05, 0.1) is 10.8 Å². The van der Waals surface area contributed by atoms with Gasteiger partial charge in [0, 0.05) is 38.5 Å². The molecular formula is C19H22N6O2S. The number of thioether (sulfide) groups is 1. The van der Waals surface area contributed by atoms with E-state index in [0.29, 0.717) is 37.2 Å². The Kier molecular flexibility index (Phi) is 4.92. The van der Waals surface area contributed by atoms with E-state index in [4.69, 9.17) is 4.98 Å². The highest BCUT2D eigenvalue weighted by molar-refractivity contribution is 8.00. The van der Waals surface area contributed by atoms with Gasteiger partial charge in [-0.05, 0) is 26.0 Å². The van der Waals surface area contributed by atoms with Gasteiger partial charge in [-0.1, -0.05) is 23.9 Å². The summed E-state index contributed by atoms with van der Waals surface area (Å²) in [5.41, 5.74) is 1.58. The number of hydrogen-bond donors (Lipinski definition) is 0. The van der Waals surface area contributed by atoms with Gasteiger partial charge in [-0.3, -0.25) is 9.59 Å². The summed E-state index contributed by atoms with van der Waals surface area (Å²) < 4.78 is 1.72. The molecule has 9 heteroatoms. The van der Waals surface area contributed by atoms with E-state index in [1.807, 2.05) is 43.0 Å². The molecule has 28 heavy (non-hydrogen) atoms. The van der Waals surface area contributed by atoms with E-state index < -0.39 is 0 Å². The lowest BCUT2D eigenvalue weighted by Gasteiger charge is -2.35. The van der Waals surface area contributed by atoms with Gasteiger partial charge in [0.25, 0.3) is 0 Å². The maximum atomic E-state index is 12.9. The molecule has 1 aliphatic rings. The number of benzene rings is 1. The van der Waals surface area contributed by atoms with Gasteiger partial charge in [0.2, 0.25) is 11.8 Å². The maximum absolute atomic E-state index is 12.9. The number of aromatic nitrogens is 4. The first-order chi connectivity index (χ1) is 13.4. The molecule has 0 radical (unpaired) electrons. The third kappa shape index (κ3) is 3.42. The number of rotatable bonds is 3. The molecule has 0 spiro atoms. The second kappa shape index (κ2) is 7.38. The van der Waals surface area contributed by atoms with Crippen molar-refractivity contribution in [2.75, 3.05) is 26.2 Å². The van der Waals surface area contributed by atoms with Crippen LogP contribution >= 0.6 is 11.8 Å². The van der Waals surface area contributed by atoms with Gasteiger partial charge >= 0.3 is 0 Å². The van der Waals surface area contributed by atoms with E-state index in [0.717, 1.165) is 16.6 Å². The molecule has 1 saturated heterocycles. The second-order valence-corrected chi connectivity index (χ2v) is 8.21. The second-order valence-electron chi connectivity index (χ2n) is 6.90. The first-order valence-electron chi connectivity index (χ1n) is 9.27. The molecule has 1 aliphatic heterocycles. The summed E-state index contributed by atoms with van der Waals surface area (Å²) in [4.78, 5) is 37.2. The average molecular weight is 398 g/mol. The zero-order valence-electron chi connectivity index (χ0n) is 16.1. The number of fused-ring (bicyclic) bond motifs is 3. The fourth-order valence-electron chi connectivity index (χ4n) is 3.42. The number of carbonyl (C=O) groups excluding carboxylic acids is 2. The lowest BCUT2D eigenvalue weighted by Crippen LogP contribution is -2.51. The van der Waals surface area contributed by atoms with Crippen molar-refractivity contribution in [1.82, 2.24) is 29.4 Å². The van der Waals surface area contributed by atoms with E-state index in [9.17, 15) is 9.59 Å². The largest absolute Gasteiger partial charge is 0.339 e. The fraction of sp³-hybridized carbons (Fsp3) is 0.421. The maximum Gasteiger partial charge on any atom is 0.236 e. The quantitative estimate of drug-likeness (QED) is 0.494. The van der Waals surface area contributed by atoms with Crippen molar-refractivity contribution in [2.45, 2.75) is 31.2 Å². The Morgan fingerprint density at radius 1 is 1.07 bits per heavy atom. The highest BCUT2D eigenvalue weighted by Gasteiger charge is 2.27. The van der Waals surface area contributed by atoms with Crippen LogP contribution in [0.4, 0.5) is 0 Å². The highest BCUT2D eigenvalue weighted by Crippen LogP contribution is 2.27. The molecule has 146 valence electrons. The molecular weight excluding hydrogens is 376 g/mol. The van der Waals surface area contributed by atoms with Gasteiger partial charge in [-0.25, -0.2) is 9.97 Å². The predicted octanol–water partition coefficient (Wildman–Crippen LogP) is 1.76. The first kappa shape index (κ1) is 18.7. The Morgan fingerprint density at radius 2 is 1.75 bits per heavy atom. The Bertz CT molecular complexity index is 1060. The van der Waals surface area contributed by atoms with E-state index in [-0.39, 0.29) is 17.1 Å². The molecule has 0 bridgehead atoms. The SMILES string of the molecule is CC(=O)N1CCN(C(=O)C(C)Sc2nc3ccccc3c3nc(C)nn23)CC1. The summed E-state index contributed by atoms with van der Waals surface area (Å²) in [7, 11) is 0. The van der Waals surface area contributed by atoms with Crippen LogP contribution in [0, 0.1) is 6.92 Å². The van der Waals surface area contributed by atoms with Crippen LogP contribution in [0.25, 0.3) is 16.6 Å². The van der Waals surface area contributed by atoms with Crippen LogP contribution in [0.2, 0.25) is 0 Å². The minimum absolute atomic E-state index is 0.0492. The standard InChI is InChI=1S/C19H22N6O2S/c1-12(18(27)24-10-8-23(9-11-24)14(3)26)28-19-21-16-7-5-4-6-15(16)17-20-13(2)22-25(17)19/h4-7,12H,8-11H2,1-3H3. The van der Waals surface area contributed by atoms with E-state index >= 15 is 0 Å². The van der Waals surface area contributed by atoms with Gasteiger partial charge in [0.1, 0.15) is 5.82 Å². The number of amides is 2. The van der Waals surface area contributed by atoms with Gasteiger partial charge < -0.3 is 9.80 Å². The summed E-state index contributed by atoms with van der Waals surface area (Å²) in [5.74, 6) is 0.770. The van der Waals surface area contributed by atoms with E-state index in [1.54, 1.807) is 16.3 Å². The van der Waals surface area contributed by atoms with Gasteiger partial charge in [-0.2, -0.15) is 4.52 Å². The number of aryl methyl sites for hydroxylation is 1. The molecule has 2 aromatic heterocycles. The minimum atomic E-state index is -0.315. The summed E-state index contributed by atoms with van der Waals surface area (Å²) in [6.07, 6.45) is 0. The minimum Gasteiger partial charge on any atom is -0.339 e. The smallest absolute Gasteiger partial charge is 0.236 e. The molecule has 2 amide bonds. The molecule has 0 aliphatic carbocycles. The molecule has 8 nitrogen and oxygen atoms in total. The third-order valence-electron chi connectivity index (χ3n) is 4.92. The molecule has 3 aromatic rings. The summed E-state index contributed by atoms with van der Waals surface area (Å²) in [6, 6.07) is 7.81. The van der Waals surface area contributed by atoms with Crippen LogP contribution in [0.3, 0.4) is 0 Å². The number of piperazine rings is 1. The fourth-order valence-corrected chi connectivity index (χ4v) is 4.36.